The molecular formula is C23H37BrO2. The third-order valence-corrected chi connectivity index (χ3v) is 10.1. The van der Waals surface area contributed by atoms with E-state index in [0.717, 1.165) is 42.6 Å². The highest BCUT2D eigenvalue weighted by Crippen LogP contribution is 2.68. The third-order valence-electron chi connectivity index (χ3n) is 9.56. The molecular weight excluding hydrogens is 388 g/mol. The van der Waals surface area contributed by atoms with E-state index in [1.807, 2.05) is 7.11 Å². The molecule has 148 valence electrons. The minimum atomic E-state index is 0.259. The van der Waals surface area contributed by atoms with Gasteiger partial charge in [-0.25, -0.2) is 0 Å². The lowest BCUT2D eigenvalue weighted by Gasteiger charge is -2.61. The first kappa shape index (κ1) is 19.4. The van der Waals surface area contributed by atoms with Crippen LogP contribution in [0, 0.1) is 46.3 Å². The predicted octanol–water partition coefficient (Wildman–Crippen LogP) is 5.87. The van der Waals surface area contributed by atoms with Crippen LogP contribution in [-0.4, -0.2) is 24.8 Å². The second kappa shape index (κ2) is 7.17. The molecule has 0 amide bonds. The number of fused-ring (bicyclic) bond motifs is 5. The van der Waals surface area contributed by atoms with Gasteiger partial charge in [-0.1, -0.05) is 36.2 Å². The van der Waals surface area contributed by atoms with Crippen LogP contribution in [-0.2, 0) is 9.53 Å². The first-order chi connectivity index (χ1) is 12.5. The molecule has 26 heavy (non-hydrogen) atoms. The average Bonchev–Trinajstić information content (AvgIpc) is 2.99. The van der Waals surface area contributed by atoms with E-state index < -0.39 is 0 Å². The van der Waals surface area contributed by atoms with Crippen LogP contribution in [0.1, 0.15) is 71.6 Å². The molecule has 0 radical (unpaired) electrons. The molecule has 4 fully saturated rings. The zero-order chi connectivity index (χ0) is 18.5. The number of ether oxygens (including phenoxy) is 1. The normalized spacial score (nSPS) is 50.6. The topological polar surface area (TPSA) is 26.3 Å². The summed E-state index contributed by atoms with van der Waals surface area (Å²) in [6.07, 6.45) is 12.0. The zero-order valence-electron chi connectivity index (χ0n) is 16.9. The summed E-state index contributed by atoms with van der Waals surface area (Å²) in [6, 6.07) is 0. The summed E-state index contributed by atoms with van der Waals surface area (Å²) in [5.74, 6) is 4.96. The number of hydrogen-bond acceptors (Lipinski definition) is 2. The van der Waals surface area contributed by atoms with E-state index in [9.17, 15) is 4.79 Å². The molecule has 0 aromatic heterocycles. The molecule has 2 nitrogen and oxygen atoms in total. The van der Waals surface area contributed by atoms with Gasteiger partial charge in [0.05, 0.1) is 11.9 Å². The van der Waals surface area contributed by atoms with E-state index in [0.29, 0.717) is 22.4 Å². The Balaban J connectivity index is 1.63. The van der Waals surface area contributed by atoms with Crippen molar-refractivity contribution in [3.63, 3.8) is 0 Å². The fraction of sp³-hybridized carbons (Fsp3) is 0.957. The van der Waals surface area contributed by atoms with Crippen molar-refractivity contribution in [3.8, 4) is 0 Å². The molecule has 0 aromatic carbocycles. The lowest BCUT2D eigenvalue weighted by Crippen LogP contribution is -2.56. The molecule has 0 N–H and O–H groups in total. The van der Waals surface area contributed by atoms with Crippen LogP contribution in [0.2, 0.25) is 0 Å². The Morgan fingerprint density at radius 1 is 1.08 bits per heavy atom. The molecule has 0 bridgehead atoms. The smallest absolute Gasteiger partial charge is 0.147 e. The van der Waals surface area contributed by atoms with Gasteiger partial charge in [-0.2, -0.15) is 0 Å². The number of carbonyl (C=O) groups is 1. The van der Waals surface area contributed by atoms with E-state index >= 15 is 0 Å². The molecule has 0 unspecified atom stereocenters. The molecule has 0 aromatic rings. The number of halogens is 1. The Kier molecular flexibility index (Phi) is 5.36. The van der Waals surface area contributed by atoms with Gasteiger partial charge in [0, 0.05) is 13.0 Å². The highest BCUT2D eigenvalue weighted by atomic mass is 79.9. The van der Waals surface area contributed by atoms with Gasteiger partial charge in [-0.05, 0) is 91.8 Å². The Hall–Kier alpha value is 0.110. The minimum Gasteiger partial charge on any atom is -0.384 e. The lowest BCUT2D eigenvalue weighted by atomic mass is 9.44. The standard InChI is InChI=1S/C23H37BrO2/c1-15-8-11-23(14-26-3)16(12-15)4-5-17-18-6-7-20(21(25)13-24)22(18,2)10-9-19(17)23/h15-20H,4-14H2,1-3H3/t15-,16-,17-,18-,19-,20+,22-,23+/m0/s1. The zero-order valence-corrected chi connectivity index (χ0v) is 18.5. The van der Waals surface area contributed by atoms with Gasteiger partial charge in [0.15, 0.2) is 0 Å². The van der Waals surface area contributed by atoms with E-state index in [4.69, 9.17) is 4.74 Å². The summed E-state index contributed by atoms with van der Waals surface area (Å²) in [6.45, 7) is 5.89. The molecule has 3 heteroatoms. The Bertz CT molecular complexity index is 548. The van der Waals surface area contributed by atoms with Crippen LogP contribution in [0.15, 0.2) is 0 Å². The van der Waals surface area contributed by atoms with E-state index in [1.54, 1.807) is 0 Å². The summed E-state index contributed by atoms with van der Waals surface area (Å²) < 4.78 is 5.88. The van der Waals surface area contributed by atoms with Gasteiger partial charge in [0.1, 0.15) is 5.78 Å². The quantitative estimate of drug-likeness (QED) is 0.527. The van der Waals surface area contributed by atoms with Crippen molar-refractivity contribution in [3.05, 3.63) is 0 Å². The summed E-state index contributed by atoms with van der Waals surface area (Å²) >= 11 is 3.45. The summed E-state index contributed by atoms with van der Waals surface area (Å²) in [4.78, 5) is 12.6. The maximum absolute atomic E-state index is 12.6. The van der Waals surface area contributed by atoms with Crippen LogP contribution in [0.4, 0.5) is 0 Å². The molecule has 4 saturated carbocycles. The lowest BCUT2D eigenvalue weighted by molar-refractivity contribution is -0.153. The monoisotopic (exact) mass is 424 g/mol. The van der Waals surface area contributed by atoms with Crippen LogP contribution >= 0.6 is 15.9 Å². The Morgan fingerprint density at radius 3 is 2.62 bits per heavy atom. The molecule has 0 saturated heterocycles. The van der Waals surface area contributed by atoms with Gasteiger partial charge in [-0.3, -0.25) is 4.79 Å². The number of ketones is 1. The summed E-state index contributed by atoms with van der Waals surface area (Å²) in [7, 11) is 1.92. The largest absolute Gasteiger partial charge is 0.384 e. The number of Topliss-reactive ketones (excluding diaryl/α,β-unsaturated/α-hetero) is 1. The number of hydrogen-bond donors (Lipinski definition) is 0. The van der Waals surface area contributed by atoms with Crippen LogP contribution in [0.5, 0.6) is 0 Å². The first-order valence-electron chi connectivity index (χ1n) is 11.0. The molecule has 8 atom stereocenters. The van der Waals surface area contributed by atoms with Crippen LogP contribution in [0.3, 0.4) is 0 Å². The maximum Gasteiger partial charge on any atom is 0.147 e. The molecule has 0 heterocycles. The molecule has 0 spiro atoms. The number of carbonyl (C=O) groups excluding carboxylic acids is 1. The van der Waals surface area contributed by atoms with Gasteiger partial charge in [0.25, 0.3) is 0 Å². The van der Waals surface area contributed by atoms with E-state index in [2.05, 4.69) is 29.8 Å². The van der Waals surface area contributed by atoms with Crippen molar-refractivity contribution in [1.29, 1.82) is 0 Å². The molecule has 4 rings (SSSR count). The third kappa shape index (κ3) is 2.78. The second-order valence-electron chi connectivity index (χ2n) is 10.5. The van der Waals surface area contributed by atoms with Crippen molar-refractivity contribution in [2.24, 2.45) is 46.3 Å². The van der Waals surface area contributed by atoms with Gasteiger partial charge in [0.2, 0.25) is 0 Å². The first-order valence-corrected chi connectivity index (χ1v) is 12.2. The average molecular weight is 425 g/mol. The van der Waals surface area contributed by atoms with Gasteiger partial charge in [-0.15, -0.1) is 0 Å². The highest BCUT2D eigenvalue weighted by molar-refractivity contribution is 9.09. The number of methoxy groups -OCH3 is 1. The summed E-state index contributed by atoms with van der Waals surface area (Å²) in [5.41, 5.74) is 0.693. The molecule has 4 aliphatic carbocycles. The summed E-state index contributed by atoms with van der Waals surface area (Å²) in [5, 5.41) is 0.543. The highest BCUT2D eigenvalue weighted by Gasteiger charge is 2.62. The van der Waals surface area contributed by atoms with E-state index in [1.165, 1.54) is 51.4 Å². The number of alkyl halides is 1. The van der Waals surface area contributed by atoms with Gasteiger partial charge < -0.3 is 4.74 Å². The SMILES string of the molecule is COC[C@]12CC[C@H](C)C[C@@H]1CC[C@H]1[C@@H]3CC[C@H](C(=O)CBr)[C@@]3(C)CC[C@@H]12. The Morgan fingerprint density at radius 2 is 1.88 bits per heavy atom. The van der Waals surface area contributed by atoms with Crippen LogP contribution in [0.25, 0.3) is 0 Å². The van der Waals surface area contributed by atoms with Crippen molar-refractivity contribution < 1.29 is 9.53 Å². The Labute approximate surface area is 168 Å². The molecule has 0 aliphatic heterocycles. The fourth-order valence-corrected chi connectivity index (χ4v) is 8.83. The van der Waals surface area contributed by atoms with Gasteiger partial charge >= 0.3 is 0 Å². The minimum absolute atomic E-state index is 0.259. The number of rotatable bonds is 4. The van der Waals surface area contributed by atoms with Crippen molar-refractivity contribution in [1.82, 2.24) is 0 Å². The van der Waals surface area contributed by atoms with Crippen molar-refractivity contribution >= 4 is 21.7 Å². The van der Waals surface area contributed by atoms with E-state index in [-0.39, 0.29) is 5.41 Å². The fourth-order valence-electron chi connectivity index (χ4n) is 8.44. The molecule has 4 aliphatic rings. The predicted molar refractivity (Wildman–Crippen MR) is 109 cm³/mol. The maximum atomic E-state index is 12.6. The van der Waals surface area contributed by atoms with Crippen molar-refractivity contribution in [2.45, 2.75) is 71.6 Å². The van der Waals surface area contributed by atoms with Crippen molar-refractivity contribution in [2.75, 3.05) is 19.0 Å². The van der Waals surface area contributed by atoms with Crippen LogP contribution < -0.4 is 0 Å². The second-order valence-corrected chi connectivity index (χ2v) is 11.0.